The number of hydrogen-bond acceptors (Lipinski definition) is 6. The van der Waals surface area contributed by atoms with Crippen molar-refractivity contribution in [2.24, 2.45) is 0 Å². The van der Waals surface area contributed by atoms with E-state index in [0.29, 0.717) is 41.5 Å². The van der Waals surface area contributed by atoms with Gasteiger partial charge >= 0.3 is 17.7 Å². The Morgan fingerprint density at radius 2 is 1.90 bits per heavy atom. The number of carbonyl (C=O) groups excluding carboxylic acids is 2. The minimum Gasteiger partial charge on any atom is -0.444 e. The summed E-state index contributed by atoms with van der Waals surface area (Å²) in [5.74, 6) is -0.225. The van der Waals surface area contributed by atoms with Crippen LogP contribution in [-0.4, -0.2) is 23.7 Å². The summed E-state index contributed by atoms with van der Waals surface area (Å²) in [7, 11) is 0. The second-order valence-electron chi connectivity index (χ2n) is 8.74. The Hall–Kier alpha value is -2.83. The van der Waals surface area contributed by atoms with Crippen LogP contribution in [0.5, 0.6) is 5.75 Å². The molecule has 3 rings (SSSR count). The van der Waals surface area contributed by atoms with Crippen LogP contribution >= 0.6 is 0 Å². The van der Waals surface area contributed by atoms with Gasteiger partial charge in [-0.1, -0.05) is 13.3 Å². The Balaban J connectivity index is 1.92. The highest BCUT2D eigenvalue weighted by molar-refractivity contribution is 5.92. The van der Waals surface area contributed by atoms with Gasteiger partial charge in [0.25, 0.3) is 0 Å². The lowest BCUT2D eigenvalue weighted by atomic mass is 10.0. The molecule has 0 saturated carbocycles. The molecule has 1 amide bonds. The Labute approximate surface area is 175 Å². The molecule has 1 aromatic heterocycles. The number of hydrogen-bond donors (Lipinski definition) is 1. The Bertz CT molecular complexity index is 1030. The minimum atomic E-state index is -0.843. The smallest absolute Gasteiger partial charge is 0.408 e. The fraction of sp³-hybridized carbons (Fsp3) is 0.522. The molecular formula is C23H29NO6. The minimum absolute atomic E-state index is 0.326. The van der Waals surface area contributed by atoms with Gasteiger partial charge in [0.1, 0.15) is 23.0 Å². The number of esters is 1. The van der Waals surface area contributed by atoms with Crippen LogP contribution < -0.4 is 15.7 Å². The molecule has 1 atom stereocenters. The molecule has 0 fully saturated rings. The number of aryl methyl sites for hydroxylation is 2. The second kappa shape index (κ2) is 8.50. The van der Waals surface area contributed by atoms with Crippen LogP contribution in [0.15, 0.2) is 21.3 Å². The van der Waals surface area contributed by atoms with Gasteiger partial charge < -0.3 is 19.2 Å². The average molecular weight is 415 g/mol. The van der Waals surface area contributed by atoms with Crippen molar-refractivity contribution in [3.05, 3.63) is 39.2 Å². The summed E-state index contributed by atoms with van der Waals surface area (Å²) in [5.41, 5.74) is 1.76. The Morgan fingerprint density at radius 1 is 1.20 bits per heavy atom. The van der Waals surface area contributed by atoms with Gasteiger partial charge in [-0.15, -0.1) is 0 Å². The van der Waals surface area contributed by atoms with Crippen molar-refractivity contribution in [2.75, 3.05) is 0 Å². The zero-order chi connectivity index (χ0) is 22.1. The zero-order valence-electron chi connectivity index (χ0n) is 18.2. The lowest BCUT2D eigenvalue weighted by molar-refractivity contribution is -0.136. The van der Waals surface area contributed by atoms with E-state index in [1.54, 1.807) is 32.9 Å². The number of rotatable bonds is 5. The van der Waals surface area contributed by atoms with E-state index in [1.807, 2.05) is 13.8 Å². The molecule has 30 heavy (non-hydrogen) atoms. The van der Waals surface area contributed by atoms with Crippen molar-refractivity contribution in [3.8, 4) is 5.75 Å². The van der Waals surface area contributed by atoms with Gasteiger partial charge in [0.05, 0.1) is 5.39 Å². The van der Waals surface area contributed by atoms with E-state index >= 15 is 0 Å². The number of benzene rings is 1. The Morgan fingerprint density at radius 3 is 2.57 bits per heavy atom. The topological polar surface area (TPSA) is 94.8 Å². The van der Waals surface area contributed by atoms with E-state index < -0.39 is 23.7 Å². The molecule has 0 saturated heterocycles. The lowest BCUT2D eigenvalue weighted by Crippen LogP contribution is -2.45. The number of ether oxygens (including phenoxy) is 2. The fourth-order valence-electron chi connectivity index (χ4n) is 3.75. The molecule has 7 heteroatoms. The summed E-state index contributed by atoms with van der Waals surface area (Å²) in [4.78, 5) is 37.4. The van der Waals surface area contributed by atoms with Crippen molar-refractivity contribution in [1.29, 1.82) is 0 Å². The van der Waals surface area contributed by atoms with Crippen molar-refractivity contribution >= 4 is 23.0 Å². The largest absolute Gasteiger partial charge is 0.444 e. The highest BCUT2D eigenvalue weighted by Crippen LogP contribution is 2.35. The van der Waals surface area contributed by atoms with Gasteiger partial charge in [0.2, 0.25) is 0 Å². The standard InChI is InChI=1S/C23H29NO6/c1-6-8-16(24-22(27)30-23(3,4)5)21(26)29-18-12-13(2)11-17-19(18)14-9-7-10-15(14)20(25)28-17/h11-12,16H,6-10H2,1-5H3,(H,24,27)/t16-/m0/s1. The second-order valence-corrected chi connectivity index (χ2v) is 8.74. The molecule has 162 valence electrons. The number of fused-ring (bicyclic) bond motifs is 3. The molecule has 2 aromatic rings. The molecule has 1 aliphatic rings. The van der Waals surface area contributed by atoms with Crippen molar-refractivity contribution < 1.29 is 23.5 Å². The van der Waals surface area contributed by atoms with E-state index in [4.69, 9.17) is 13.9 Å². The predicted octanol–water partition coefficient (Wildman–Crippen LogP) is 4.19. The predicted molar refractivity (Wildman–Crippen MR) is 113 cm³/mol. The van der Waals surface area contributed by atoms with Gasteiger partial charge in [0.15, 0.2) is 0 Å². The first-order chi connectivity index (χ1) is 14.1. The Kier molecular flexibility index (Phi) is 6.19. The maximum absolute atomic E-state index is 12.9. The zero-order valence-corrected chi connectivity index (χ0v) is 18.2. The normalized spacial score (nSPS) is 14.3. The van der Waals surface area contributed by atoms with Crippen molar-refractivity contribution in [2.45, 2.75) is 78.4 Å². The van der Waals surface area contributed by atoms with Crippen LogP contribution in [0, 0.1) is 6.92 Å². The lowest BCUT2D eigenvalue weighted by Gasteiger charge is -2.23. The van der Waals surface area contributed by atoms with Gasteiger partial charge in [0, 0.05) is 5.56 Å². The van der Waals surface area contributed by atoms with Gasteiger partial charge in [-0.05, 0) is 76.6 Å². The summed E-state index contributed by atoms with van der Waals surface area (Å²) in [6, 6.07) is 2.69. The summed E-state index contributed by atoms with van der Waals surface area (Å²) < 4.78 is 16.5. The fourth-order valence-corrected chi connectivity index (χ4v) is 3.75. The summed E-state index contributed by atoms with van der Waals surface area (Å²) in [6.07, 6.45) is 2.68. The molecule has 1 heterocycles. The van der Waals surface area contributed by atoms with Crippen LogP contribution in [0.4, 0.5) is 4.79 Å². The first-order valence-electron chi connectivity index (χ1n) is 10.4. The quantitative estimate of drug-likeness (QED) is 0.447. The third-order valence-electron chi connectivity index (χ3n) is 4.94. The van der Waals surface area contributed by atoms with Gasteiger partial charge in [-0.2, -0.15) is 0 Å². The number of carbonyl (C=O) groups is 2. The molecule has 0 radical (unpaired) electrons. The first-order valence-corrected chi connectivity index (χ1v) is 10.4. The van der Waals surface area contributed by atoms with Crippen LogP contribution in [-0.2, 0) is 22.4 Å². The maximum Gasteiger partial charge on any atom is 0.408 e. The number of amides is 1. The average Bonchev–Trinajstić information content (AvgIpc) is 3.09. The van der Waals surface area contributed by atoms with E-state index in [9.17, 15) is 14.4 Å². The third-order valence-corrected chi connectivity index (χ3v) is 4.94. The maximum atomic E-state index is 12.9. The molecule has 1 aromatic carbocycles. The van der Waals surface area contributed by atoms with Crippen LogP contribution in [0.1, 0.15) is 63.6 Å². The molecule has 0 spiro atoms. The molecule has 0 aliphatic heterocycles. The van der Waals surface area contributed by atoms with E-state index in [-0.39, 0.29) is 5.63 Å². The summed E-state index contributed by atoms with van der Waals surface area (Å²) in [6.45, 7) is 9.03. The van der Waals surface area contributed by atoms with Gasteiger partial charge in [-0.3, -0.25) is 0 Å². The monoisotopic (exact) mass is 415 g/mol. The molecule has 0 bridgehead atoms. The van der Waals surface area contributed by atoms with E-state index in [0.717, 1.165) is 24.0 Å². The molecular weight excluding hydrogens is 386 g/mol. The highest BCUT2D eigenvalue weighted by Gasteiger charge is 2.28. The third kappa shape index (κ3) is 4.83. The van der Waals surface area contributed by atoms with E-state index in [1.165, 1.54) is 0 Å². The number of nitrogens with one attached hydrogen (secondary N) is 1. The molecule has 1 N–H and O–H groups in total. The molecule has 0 unspecified atom stereocenters. The highest BCUT2D eigenvalue weighted by atomic mass is 16.6. The van der Waals surface area contributed by atoms with Crippen molar-refractivity contribution in [3.63, 3.8) is 0 Å². The molecule has 1 aliphatic carbocycles. The van der Waals surface area contributed by atoms with Crippen LogP contribution in [0.2, 0.25) is 0 Å². The summed E-state index contributed by atoms with van der Waals surface area (Å²) >= 11 is 0. The van der Waals surface area contributed by atoms with Crippen molar-refractivity contribution in [1.82, 2.24) is 5.32 Å². The SMILES string of the molecule is CCC[C@H](NC(=O)OC(C)(C)C)C(=O)Oc1cc(C)cc2oc(=O)c3c(c12)CCC3. The first kappa shape index (κ1) is 21.9. The van der Waals surface area contributed by atoms with Crippen LogP contribution in [0.25, 0.3) is 11.0 Å². The van der Waals surface area contributed by atoms with Crippen LogP contribution in [0.3, 0.4) is 0 Å². The molecule has 7 nitrogen and oxygen atoms in total. The number of alkyl carbamates (subject to hydrolysis) is 1. The van der Waals surface area contributed by atoms with E-state index in [2.05, 4.69) is 5.32 Å². The van der Waals surface area contributed by atoms with Gasteiger partial charge in [-0.25, -0.2) is 14.4 Å². The summed E-state index contributed by atoms with van der Waals surface area (Å²) in [5, 5.41) is 3.27.